The fourth-order valence-corrected chi connectivity index (χ4v) is 2.77. The molecule has 0 saturated carbocycles. The Labute approximate surface area is 140 Å². The van der Waals surface area contributed by atoms with Crippen molar-refractivity contribution in [3.63, 3.8) is 0 Å². The smallest absolute Gasteiger partial charge is 0.226 e. The molecule has 2 heterocycles. The number of aromatic nitrogens is 2. The summed E-state index contributed by atoms with van der Waals surface area (Å²) in [5, 5.41) is 12.6. The molecule has 0 atom stereocenters. The number of amides is 1. The highest BCUT2D eigenvalue weighted by atomic mass is 32.2. The Kier molecular flexibility index (Phi) is 6.12. The molecule has 1 amide bonds. The molecule has 0 unspecified atom stereocenters. The van der Waals surface area contributed by atoms with Crippen LogP contribution in [0, 0.1) is 11.3 Å². The third-order valence-electron chi connectivity index (χ3n) is 3.09. The second-order valence-electron chi connectivity index (χ2n) is 5.22. The predicted octanol–water partition coefficient (Wildman–Crippen LogP) is 3.59. The number of thioether (sulfide) groups is 1. The fourth-order valence-electron chi connectivity index (χ4n) is 1.85. The van der Waals surface area contributed by atoms with Crippen LogP contribution in [0.4, 0.5) is 5.82 Å². The maximum Gasteiger partial charge on any atom is 0.226 e. The van der Waals surface area contributed by atoms with E-state index in [0.717, 1.165) is 5.69 Å². The Balaban J connectivity index is 1.92. The standard InChI is InChI=1S/C17H18N4OS/c1-12(2)14-7-6-13(11-18)17(20-14)23-10-8-16(22)21-15-5-3-4-9-19-15/h3-7,9,12H,8,10H2,1-2H3,(H,19,21,22). The first-order valence-electron chi connectivity index (χ1n) is 7.35. The molecule has 0 aromatic carbocycles. The molecule has 0 bridgehead atoms. The zero-order valence-electron chi connectivity index (χ0n) is 13.1. The van der Waals surface area contributed by atoms with Crippen molar-refractivity contribution < 1.29 is 4.79 Å². The highest BCUT2D eigenvalue weighted by molar-refractivity contribution is 7.99. The van der Waals surface area contributed by atoms with Gasteiger partial charge >= 0.3 is 0 Å². The second kappa shape index (κ2) is 8.30. The number of carbonyl (C=O) groups is 1. The normalized spacial score (nSPS) is 10.3. The predicted molar refractivity (Wildman–Crippen MR) is 91.2 cm³/mol. The van der Waals surface area contributed by atoms with E-state index in [9.17, 15) is 4.79 Å². The minimum Gasteiger partial charge on any atom is -0.311 e. The van der Waals surface area contributed by atoms with E-state index in [0.29, 0.717) is 34.5 Å². The minimum absolute atomic E-state index is 0.102. The van der Waals surface area contributed by atoms with Crippen molar-refractivity contribution in [1.29, 1.82) is 5.26 Å². The molecule has 2 aromatic heterocycles. The van der Waals surface area contributed by atoms with E-state index >= 15 is 0 Å². The van der Waals surface area contributed by atoms with Crippen LogP contribution in [0.25, 0.3) is 0 Å². The summed E-state index contributed by atoms with van der Waals surface area (Å²) >= 11 is 1.43. The summed E-state index contributed by atoms with van der Waals surface area (Å²) in [6.07, 6.45) is 1.96. The molecule has 5 nitrogen and oxygen atoms in total. The van der Waals surface area contributed by atoms with Crippen molar-refractivity contribution in [2.45, 2.75) is 31.2 Å². The van der Waals surface area contributed by atoms with Gasteiger partial charge in [-0.3, -0.25) is 4.79 Å². The summed E-state index contributed by atoms with van der Waals surface area (Å²) in [5.41, 5.74) is 1.49. The van der Waals surface area contributed by atoms with Crippen molar-refractivity contribution in [3.05, 3.63) is 47.8 Å². The Bertz CT molecular complexity index is 710. The van der Waals surface area contributed by atoms with E-state index < -0.39 is 0 Å². The molecule has 2 aromatic rings. The van der Waals surface area contributed by atoms with Gasteiger partial charge in [-0.1, -0.05) is 19.9 Å². The topological polar surface area (TPSA) is 78.7 Å². The van der Waals surface area contributed by atoms with Gasteiger partial charge in [0, 0.05) is 24.1 Å². The van der Waals surface area contributed by atoms with Crippen molar-refractivity contribution in [3.8, 4) is 6.07 Å². The van der Waals surface area contributed by atoms with Gasteiger partial charge in [0.05, 0.1) is 5.56 Å². The van der Waals surface area contributed by atoms with Crippen LogP contribution in [-0.4, -0.2) is 21.6 Å². The minimum atomic E-state index is -0.102. The van der Waals surface area contributed by atoms with Crippen LogP contribution >= 0.6 is 11.8 Å². The number of anilines is 1. The number of hydrogen-bond acceptors (Lipinski definition) is 5. The van der Waals surface area contributed by atoms with Crippen molar-refractivity contribution in [2.75, 3.05) is 11.1 Å². The Morgan fingerprint density at radius 1 is 1.35 bits per heavy atom. The molecule has 2 rings (SSSR count). The first-order chi connectivity index (χ1) is 11.1. The van der Waals surface area contributed by atoms with Gasteiger partial charge < -0.3 is 5.32 Å². The molecule has 0 fully saturated rings. The largest absolute Gasteiger partial charge is 0.311 e. The molecular formula is C17H18N4OS. The quantitative estimate of drug-likeness (QED) is 0.821. The maximum atomic E-state index is 11.9. The SMILES string of the molecule is CC(C)c1ccc(C#N)c(SCCC(=O)Nc2ccccn2)n1. The molecule has 0 spiro atoms. The number of carbonyl (C=O) groups excluding carboxylic acids is 1. The molecule has 118 valence electrons. The van der Waals surface area contributed by atoms with Crippen molar-refractivity contribution >= 4 is 23.5 Å². The summed E-state index contributed by atoms with van der Waals surface area (Å²) in [6.45, 7) is 4.12. The molecule has 0 radical (unpaired) electrons. The lowest BCUT2D eigenvalue weighted by molar-refractivity contribution is -0.115. The molecule has 0 aliphatic carbocycles. The highest BCUT2D eigenvalue weighted by Crippen LogP contribution is 2.24. The van der Waals surface area contributed by atoms with E-state index in [4.69, 9.17) is 5.26 Å². The summed E-state index contributed by atoms with van der Waals surface area (Å²) in [5.74, 6) is 1.30. The zero-order valence-corrected chi connectivity index (χ0v) is 13.9. The highest BCUT2D eigenvalue weighted by Gasteiger charge is 2.10. The lowest BCUT2D eigenvalue weighted by Gasteiger charge is -2.08. The van der Waals surface area contributed by atoms with Crippen molar-refractivity contribution in [2.24, 2.45) is 0 Å². The molecular weight excluding hydrogens is 308 g/mol. The third kappa shape index (κ3) is 5.08. The van der Waals surface area contributed by atoms with Crippen LogP contribution in [0.15, 0.2) is 41.6 Å². The van der Waals surface area contributed by atoms with Gasteiger partial charge in [0.1, 0.15) is 16.9 Å². The van der Waals surface area contributed by atoms with Crippen LogP contribution in [0.3, 0.4) is 0 Å². The summed E-state index contributed by atoms with van der Waals surface area (Å²) < 4.78 is 0. The van der Waals surface area contributed by atoms with Crippen LogP contribution < -0.4 is 5.32 Å². The molecule has 1 N–H and O–H groups in total. The summed E-state index contributed by atoms with van der Waals surface area (Å²) in [7, 11) is 0. The Morgan fingerprint density at radius 2 is 2.17 bits per heavy atom. The molecule has 23 heavy (non-hydrogen) atoms. The molecule has 0 aliphatic rings. The Hall–Kier alpha value is -2.39. The van der Waals surface area contributed by atoms with Gasteiger partial charge in [0.15, 0.2) is 0 Å². The first kappa shape index (κ1) is 17.0. The molecule has 0 aliphatic heterocycles. The number of hydrogen-bond donors (Lipinski definition) is 1. The number of nitrogens with one attached hydrogen (secondary N) is 1. The average molecular weight is 326 g/mol. The third-order valence-corrected chi connectivity index (χ3v) is 4.09. The van der Waals surface area contributed by atoms with Gasteiger partial charge in [-0.05, 0) is 30.2 Å². The van der Waals surface area contributed by atoms with E-state index in [-0.39, 0.29) is 5.91 Å². The van der Waals surface area contributed by atoms with E-state index in [1.165, 1.54) is 11.8 Å². The lowest BCUT2D eigenvalue weighted by Crippen LogP contribution is -2.13. The van der Waals surface area contributed by atoms with E-state index in [1.807, 2.05) is 12.1 Å². The molecule has 6 heteroatoms. The van der Waals surface area contributed by atoms with Gasteiger partial charge in [0.25, 0.3) is 0 Å². The number of pyridine rings is 2. The summed E-state index contributed by atoms with van der Waals surface area (Å²) in [6, 6.07) is 11.2. The van der Waals surface area contributed by atoms with Crippen LogP contribution in [0.5, 0.6) is 0 Å². The fraction of sp³-hybridized carbons (Fsp3) is 0.294. The van der Waals surface area contributed by atoms with Gasteiger partial charge in [-0.2, -0.15) is 5.26 Å². The first-order valence-corrected chi connectivity index (χ1v) is 8.33. The van der Waals surface area contributed by atoms with E-state index in [2.05, 4.69) is 35.2 Å². The maximum absolute atomic E-state index is 11.9. The van der Waals surface area contributed by atoms with E-state index in [1.54, 1.807) is 24.4 Å². The van der Waals surface area contributed by atoms with Crippen molar-refractivity contribution in [1.82, 2.24) is 9.97 Å². The van der Waals surface area contributed by atoms with Crippen LogP contribution in [0.2, 0.25) is 0 Å². The number of nitrogens with zero attached hydrogens (tertiary/aromatic N) is 3. The van der Waals surface area contributed by atoms with Gasteiger partial charge in [0.2, 0.25) is 5.91 Å². The van der Waals surface area contributed by atoms with Gasteiger partial charge in [-0.15, -0.1) is 11.8 Å². The average Bonchev–Trinajstić information content (AvgIpc) is 2.55. The Morgan fingerprint density at radius 3 is 2.83 bits per heavy atom. The monoisotopic (exact) mass is 326 g/mol. The molecule has 0 saturated heterocycles. The zero-order chi connectivity index (χ0) is 16.7. The second-order valence-corrected chi connectivity index (χ2v) is 6.30. The van der Waals surface area contributed by atoms with Crippen LogP contribution in [-0.2, 0) is 4.79 Å². The van der Waals surface area contributed by atoms with Gasteiger partial charge in [-0.25, -0.2) is 9.97 Å². The number of nitriles is 1. The lowest BCUT2D eigenvalue weighted by atomic mass is 10.1. The summed E-state index contributed by atoms with van der Waals surface area (Å²) in [4.78, 5) is 20.5. The number of rotatable bonds is 6. The van der Waals surface area contributed by atoms with Crippen LogP contribution in [0.1, 0.15) is 37.4 Å².